The van der Waals surface area contributed by atoms with Crippen LogP contribution in [0.1, 0.15) is 54.9 Å². The molecule has 0 unspecified atom stereocenters. The average Bonchev–Trinajstić information content (AvgIpc) is 3.14. The number of carbonyl (C=O) groups is 1. The van der Waals surface area contributed by atoms with Crippen LogP contribution in [-0.2, 0) is 20.1 Å². The van der Waals surface area contributed by atoms with E-state index in [2.05, 4.69) is 23.8 Å². The van der Waals surface area contributed by atoms with Crippen molar-refractivity contribution < 1.29 is 4.79 Å². The molecule has 0 radical (unpaired) electrons. The third kappa shape index (κ3) is 2.14. The summed E-state index contributed by atoms with van der Waals surface area (Å²) in [5, 5.41) is 4.50. The fourth-order valence-electron chi connectivity index (χ4n) is 3.23. The summed E-state index contributed by atoms with van der Waals surface area (Å²) in [4.78, 5) is 17.0. The smallest absolute Gasteiger partial charge is 0.274 e. The zero-order valence-corrected chi connectivity index (χ0v) is 12.7. The van der Waals surface area contributed by atoms with Crippen molar-refractivity contribution in [1.29, 1.82) is 0 Å². The van der Waals surface area contributed by atoms with Crippen molar-refractivity contribution in [1.82, 2.24) is 19.6 Å². The number of aryl methyl sites for hydroxylation is 1. The molecule has 0 spiro atoms. The highest BCUT2D eigenvalue weighted by molar-refractivity contribution is 5.94. The van der Waals surface area contributed by atoms with Gasteiger partial charge in [0, 0.05) is 44.8 Å². The molecule has 1 aromatic heterocycles. The zero-order chi connectivity index (χ0) is 14.3. The summed E-state index contributed by atoms with van der Waals surface area (Å²) in [5.74, 6) is 0.130. The van der Waals surface area contributed by atoms with Gasteiger partial charge >= 0.3 is 0 Å². The Kier molecular flexibility index (Phi) is 3.54. The molecule has 2 aliphatic rings. The number of rotatable bonds is 3. The second-order valence-electron chi connectivity index (χ2n) is 6.06. The fourth-order valence-corrected chi connectivity index (χ4v) is 3.23. The minimum Gasteiger partial charge on any atom is -0.337 e. The van der Waals surface area contributed by atoms with Gasteiger partial charge in [-0.05, 0) is 26.2 Å². The van der Waals surface area contributed by atoms with Crippen LogP contribution in [0.5, 0.6) is 0 Å². The third-order valence-corrected chi connectivity index (χ3v) is 4.80. The number of likely N-dealkylation sites (tertiary alicyclic amines) is 1. The molecule has 1 aromatic rings. The largest absolute Gasteiger partial charge is 0.337 e. The lowest BCUT2D eigenvalue weighted by molar-refractivity contribution is 0.0783. The van der Waals surface area contributed by atoms with Crippen LogP contribution in [0.3, 0.4) is 0 Å². The summed E-state index contributed by atoms with van der Waals surface area (Å²) in [6.45, 7) is 8.02. The van der Waals surface area contributed by atoms with Crippen LogP contribution < -0.4 is 0 Å². The highest BCUT2D eigenvalue weighted by atomic mass is 16.2. The van der Waals surface area contributed by atoms with E-state index in [0.717, 1.165) is 51.0 Å². The van der Waals surface area contributed by atoms with Crippen LogP contribution in [0, 0.1) is 0 Å². The van der Waals surface area contributed by atoms with Gasteiger partial charge in [0.25, 0.3) is 5.91 Å². The first-order valence-electron chi connectivity index (χ1n) is 7.70. The van der Waals surface area contributed by atoms with E-state index in [0.29, 0.717) is 11.7 Å². The van der Waals surface area contributed by atoms with Crippen molar-refractivity contribution >= 4 is 5.91 Å². The summed E-state index contributed by atoms with van der Waals surface area (Å²) in [6.07, 6.45) is 3.39. The van der Waals surface area contributed by atoms with Gasteiger partial charge in [0.15, 0.2) is 5.69 Å². The van der Waals surface area contributed by atoms with Crippen molar-refractivity contribution in [3.05, 3.63) is 17.0 Å². The van der Waals surface area contributed by atoms with Crippen molar-refractivity contribution in [2.24, 2.45) is 7.05 Å². The van der Waals surface area contributed by atoms with Gasteiger partial charge in [-0.1, -0.05) is 6.92 Å². The van der Waals surface area contributed by atoms with Gasteiger partial charge in [0.1, 0.15) is 0 Å². The summed E-state index contributed by atoms with van der Waals surface area (Å²) in [7, 11) is 1.96. The Morgan fingerprint density at radius 2 is 2.00 bits per heavy atom. The molecule has 0 saturated carbocycles. The molecule has 0 bridgehead atoms. The number of nitrogens with zero attached hydrogens (tertiary/aromatic N) is 4. The normalized spacial score (nSPS) is 20.4. The van der Waals surface area contributed by atoms with Gasteiger partial charge in [0.05, 0.1) is 5.69 Å². The number of hydrogen-bond acceptors (Lipinski definition) is 3. The fraction of sp³-hybridized carbons (Fsp3) is 0.733. The number of fused-ring (bicyclic) bond motifs is 1. The Morgan fingerprint density at radius 1 is 1.30 bits per heavy atom. The van der Waals surface area contributed by atoms with Crippen LogP contribution in [-0.4, -0.2) is 44.6 Å². The quantitative estimate of drug-likeness (QED) is 0.845. The highest BCUT2D eigenvalue weighted by Crippen LogP contribution is 2.29. The van der Waals surface area contributed by atoms with Gasteiger partial charge in [-0.15, -0.1) is 0 Å². The minimum atomic E-state index is 0.130. The average molecular weight is 276 g/mol. The van der Waals surface area contributed by atoms with Crippen LogP contribution in [0.25, 0.3) is 0 Å². The molecule has 20 heavy (non-hydrogen) atoms. The van der Waals surface area contributed by atoms with Crippen molar-refractivity contribution in [3.8, 4) is 0 Å². The number of aromatic nitrogens is 2. The highest BCUT2D eigenvalue weighted by Gasteiger charge is 2.33. The summed E-state index contributed by atoms with van der Waals surface area (Å²) < 4.78 is 1.90. The maximum absolute atomic E-state index is 12.6. The molecule has 1 fully saturated rings. The molecule has 0 N–H and O–H groups in total. The molecular formula is C15H24N4O. The molecule has 1 amide bonds. The molecule has 1 saturated heterocycles. The molecule has 5 heteroatoms. The van der Waals surface area contributed by atoms with E-state index in [1.54, 1.807) is 0 Å². The van der Waals surface area contributed by atoms with Gasteiger partial charge in [-0.3, -0.25) is 14.4 Å². The van der Waals surface area contributed by atoms with Crippen LogP contribution in [0.4, 0.5) is 0 Å². The number of amides is 1. The second kappa shape index (κ2) is 5.20. The van der Waals surface area contributed by atoms with Gasteiger partial charge < -0.3 is 4.90 Å². The van der Waals surface area contributed by atoms with E-state index < -0.39 is 0 Å². The summed E-state index contributed by atoms with van der Waals surface area (Å²) in [6, 6.07) is 0.553. The van der Waals surface area contributed by atoms with E-state index in [1.807, 2.05) is 16.6 Å². The van der Waals surface area contributed by atoms with Crippen LogP contribution in [0.2, 0.25) is 0 Å². The Morgan fingerprint density at radius 3 is 2.65 bits per heavy atom. The predicted octanol–water partition coefficient (Wildman–Crippen LogP) is 1.77. The minimum absolute atomic E-state index is 0.130. The van der Waals surface area contributed by atoms with Crippen LogP contribution >= 0.6 is 0 Å². The molecule has 0 aliphatic carbocycles. The van der Waals surface area contributed by atoms with Crippen molar-refractivity contribution in [2.45, 2.75) is 52.2 Å². The standard InChI is InChI=1S/C15H24N4O/c1-4-11(2)19-9-12-13(10-19)17(3)16-14(12)15(20)18-7-5-6-8-18/h11H,4-10H2,1-3H3/t11-/m1/s1. The van der Waals surface area contributed by atoms with E-state index in [-0.39, 0.29) is 5.91 Å². The lowest BCUT2D eigenvalue weighted by Crippen LogP contribution is -2.31. The Bertz CT molecular complexity index is 516. The molecule has 1 atom stereocenters. The Balaban J connectivity index is 1.85. The Labute approximate surface area is 120 Å². The van der Waals surface area contributed by atoms with E-state index in [9.17, 15) is 4.79 Å². The monoisotopic (exact) mass is 276 g/mol. The maximum atomic E-state index is 12.6. The Hall–Kier alpha value is -1.36. The van der Waals surface area contributed by atoms with Gasteiger partial charge in [-0.25, -0.2) is 0 Å². The number of hydrogen-bond donors (Lipinski definition) is 0. The molecule has 3 rings (SSSR count). The molecule has 3 heterocycles. The molecule has 2 aliphatic heterocycles. The second-order valence-corrected chi connectivity index (χ2v) is 6.06. The lowest BCUT2D eigenvalue weighted by Gasteiger charge is -2.22. The zero-order valence-electron chi connectivity index (χ0n) is 12.7. The first-order valence-corrected chi connectivity index (χ1v) is 7.70. The molecule has 5 nitrogen and oxygen atoms in total. The molecular weight excluding hydrogens is 252 g/mol. The summed E-state index contributed by atoms with van der Waals surface area (Å²) in [5.41, 5.74) is 3.06. The topological polar surface area (TPSA) is 41.4 Å². The molecule has 110 valence electrons. The first kappa shape index (κ1) is 13.6. The van der Waals surface area contributed by atoms with E-state index in [1.165, 1.54) is 5.69 Å². The van der Waals surface area contributed by atoms with Gasteiger partial charge in [0.2, 0.25) is 0 Å². The maximum Gasteiger partial charge on any atom is 0.274 e. The SMILES string of the molecule is CC[C@@H](C)N1Cc2c(C(=O)N3CCCC3)nn(C)c2C1. The first-order chi connectivity index (χ1) is 9.61. The predicted molar refractivity (Wildman–Crippen MR) is 77.3 cm³/mol. The number of carbonyl (C=O) groups excluding carboxylic acids is 1. The van der Waals surface area contributed by atoms with Crippen LogP contribution in [0.15, 0.2) is 0 Å². The van der Waals surface area contributed by atoms with E-state index >= 15 is 0 Å². The lowest BCUT2D eigenvalue weighted by atomic mass is 10.2. The van der Waals surface area contributed by atoms with Crippen molar-refractivity contribution in [3.63, 3.8) is 0 Å². The summed E-state index contributed by atoms with van der Waals surface area (Å²) >= 11 is 0. The van der Waals surface area contributed by atoms with Gasteiger partial charge in [-0.2, -0.15) is 5.10 Å². The van der Waals surface area contributed by atoms with E-state index in [4.69, 9.17) is 0 Å². The molecule has 0 aromatic carbocycles. The van der Waals surface area contributed by atoms with Crippen molar-refractivity contribution in [2.75, 3.05) is 13.1 Å². The third-order valence-electron chi connectivity index (χ3n) is 4.80.